The molecule has 1 heterocycles. The summed E-state index contributed by atoms with van der Waals surface area (Å²) >= 11 is 3.28. The fraction of sp³-hybridized carbons (Fsp3) is 0.267. The van der Waals surface area contributed by atoms with Crippen molar-refractivity contribution < 1.29 is 14.6 Å². The molecule has 0 spiro atoms. The summed E-state index contributed by atoms with van der Waals surface area (Å²) in [6.07, 6.45) is 3.76. The molecule has 6 heteroatoms. The summed E-state index contributed by atoms with van der Waals surface area (Å²) in [4.78, 5) is 20.6. The summed E-state index contributed by atoms with van der Waals surface area (Å²) in [6.45, 7) is 0. The summed E-state index contributed by atoms with van der Waals surface area (Å²) < 4.78 is 5.64. The Morgan fingerprint density at radius 3 is 2.90 bits per heavy atom. The van der Waals surface area contributed by atoms with Gasteiger partial charge in [-0.15, -0.1) is 0 Å². The first-order valence-corrected chi connectivity index (χ1v) is 7.35. The highest BCUT2D eigenvalue weighted by Gasteiger charge is 2.20. The molecule has 0 fully saturated rings. The predicted molar refractivity (Wildman–Crippen MR) is 80.7 cm³/mol. The van der Waals surface area contributed by atoms with E-state index in [9.17, 15) is 9.90 Å². The van der Waals surface area contributed by atoms with Gasteiger partial charge in [0.2, 0.25) is 0 Å². The molecule has 0 aliphatic heterocycles. The monoisotopic (exact) mass is 348 g/mol. The standard InChI is InChI=1S/C15H13BrN2O3/c1-21-13-6-8(5-10(16)14(13)20)15-17-7-9-11(18-15)3-2-4-12(9)19/h5-7,20H,2-4H2,1H3. The fourth-order valence-electron chi connectivity index (χ4n) is 2.39. The minimum atomic E-state index is 0.0365. The van der Waals surface area contributed by atoms with E-state index in [-0.39, 0.29) is 11.5 Å². The van der Waals surface area contributed by atoms with E-state index >= 15 is 0 Å². The Hall–Kier alpha value is -1.95. The lowest BCUT2D eigenvalue weighted by Gasteiger charge is -2.14. The minimum Gasteiger partial charge on any atom is -0.503 e. The summed E-state index contributed by atoms with van der Waals surface area (Å²) in [5, 5.41) is 9.84. The Labute approximate surface area is 130 Å². The van der Waals surface area contributed by atoms with Crippen molar-refractivity contribution in [1.29, 1.82) is 0 Å². The third kappa shape index (κ3) is 2.51. The van der Waals surface area contributed by atoms with Crippen LogP contribution in [0.1, 0.15) is 28.9 Å². The molecule has 0 saturated carbocycles. The molecule has 2 aromatic rings. The highest BCUT2D eigenvalue weighted by Crippen LogP contribution is 2.38. The van der Waals surface area contributed by atoms with Gasteiger partial charge in [0.05, 0.1) is 22.8 Å². The Balaban J connectivity index is 2.09. The second-order valence-corrected chi connectivity index (χ2v) is 5.69. The number of carbonyl (C=O) groups is 1. The number of ketones is 1. The van der Waals surface area contributed by atoms with Gasteiger partial charge >= 0.3 is 0 Å². The molecule has 0 bridgehead atoms. The second-order valence-electron chi connectivity index (χ2n) is 4.84. The van der Waals surface area contributed by atoms with Gasteiger partial charge in [0, 0.05) is 18.2 Å². The van der Waals surface area contributed by atoms with Crippen LogP contribution in [-0.2, 0) is 6.42 Å². The van der Waals surface area contributed by atoms with Crippen molar-refractivity contribution >= 4 is 21.7 Å². The molecule has 1 aromatic heterocycles. The van der Waals surface area contributed by atoms with Gasteiger partial charge in [0.1, 0.15) is 0 Å². The maximum absolute atomic E-state index is 11.8. The van der Waals surface area contributed by atoms with E-state index in [1.54, 1.807) is 18.3 Å². The largest absolute Gasteiger partial charge is 0.503 e. The zero-order chi connectivity index (χ0) is 15.0. The molecule has 5 nitrogen and oxygen atoms in total. The highest BCUT2D eigenvalue weighted by atomic mass is 79.9. The lowest BCUT2D eigenvalue weighted by atomic mass is 9.96. The molecule has 1 aliphatic carbocycles. The number of fused-ring (bicyclic) bond motifs is 1. The Bertz CT molecular complexity index is 731. The number of methoxy groups -OCH3 is 1. The molecule has 0 atom stereocenters. The lowest BCUT2D eigenvalue weighted by molar-refractivity contribution is 0.0971. The van der Waals surface area contributed by atoms with Crippen LogP contribution in [0, 0.1) is 0 Å². The van der Waals surface area contributed by atoms with Crippen molar-refractivity contribution in [3.63, 3.8) is 0 Å². The number of ether oxygens (including phenoxy) is 1. The fourth-order valence-corrected chi connectivity index (χ4v) is 2.83. The molecule has 21 heavy (non-hydrogen) atoms. The van der Waals surface area contributed by atoms with E-state index in [1.165, 1.54) is 7.11 Å². The second kappa shape index (κ2) is 5.44. The molecule has 0 amide bonds. The number of carbonyl (C=O) groups excluding carboxylic acids is 1. The molecular formula is C15H13BrN2O3. The number of aromatic hydroxyl groups is 1. The third-order valence-electron chi connectivity index (χ3n) is 3.49. The van der Waals surface area contributed by atoms with Crippen LogP contribution in [0.25, 0.3) is 11.4 Å². The topological polar surface area (TPSA) is 72.3 Å². The van der Waals surface area contributed by atoms with Crippen molar-refractivity contribution in [2.45, 2.75) is 19.3 Å². The number of hydrogen-bond donors (Lipinski definition) is 1. The first-order valence-electron chi connectivity index (χ1n) is 6.56. The van der Waals surface area contributed by atoms with Crippen LogP contribution < -0.4 is 4.74 Å². The van der Waals surface area contributed by atoms with Crippen LogP contribution in [0.15, 0.2) is 22.8 Å². The van der Waals surface area contributed by atoms with E-state index in [2.05, 4.69) is 25.9 Å². The zero-order valence-corrected chi connectivity index (χ0v) is 13.0. The average Bonchev–Trinajstić information content (AvgIpc) is 2.50. The number of hydrogen-bond acceptors (Lipinski definition) is 5. The smallest absolute Gasteiger partial charge is 0.172 e. The zero-order valence-electron chi connectivity index (χ0n) is 11.4. The average molecular weight is 349 g/mol. The normalized spacial score (nSPS) is 13.9. The van der Waals surface area contributed by atoms with Gasteiger partial charge in [-0.05, 0) is 40.9 Å². The van der Waals surface area contributed by atoms with E-state index in [4.69, 9.17) is 4.74 Å². The highest BCUT2D eigenvalue weighted by molar-refractivity contribution is 9.10. The van der Waals surface area contributed by atoms with Gasteiger partial charge in [-0.25, -0.2) is 9.97 Å². The Morgan fingerprint density at radius 2 is 2.14 bits per heavy atom. The number of phenols is 1. The summed E-state index contributed by atoms with van der Waals surface area (Å²) in [7, 11) is 1.48. The van der Waals surface area contributed by atoms with Gasteiger partial charge in [-0.3, -0.25) is 4.79 Å². The summed E-state index contributed by atoms with van der Waals surface area (Å²) in [5.41, 5.74) is 2.13. The molecule has 1 N–H and O–H groups in total. The molecule has 3 rings (SSSR count). The van der Waals surface area contributed by atoms with Gasteiger partial charge in [-0.2, -0.15) is 0 Å². The van der Waals surface area contributed by atoms with Crippen LogP contribution >= 0.6 is 15.9 Å². The molecule has 1 aliphatic rings. The predicted octanol–water partition coefficient (Wildman–Crippen LogP) is 3.14. The molecule has 0 radical (unpaired) electrons. The van der Waals surface area contributed by atoms with Crippen LogP contribution in [0.4, 0.5) is 0 Å². The molecule has 1 aromatic carbocycles. The van der Waals surface area contributed by atoms with Crippen LogP contribution in [0.3, 0.4) is 0 Å². The minimum absolute atomic E-state index is 0.0365. The Kier molecular flexibility index (Phi) is 3.63. The van der Waals surface area contributed by atoms with Crippen LogP contribution in [0.2, 0.25) is 0 Å². The van der Waals surface area contributed by atoms with E-state index < -0.39 is 0 Å². The van der Waals surface area contributed by atoms with E-state index in [0.717, 1.165) is 24.1 Å². The van der Waals surface area contributed by atoms with Crippen molar-refractivity contribution in [3.05, 3.63) is 34.1 Å². The SMILES string of the molecule is COc1cc(-c2ncc3c(n2)CCCC3=O)cc(Br)c1O. The van der Waals surface area contributed by atoms with Crippen molar-refractivity contribution in [2.75, 3.05) is 7.11 Å². The van der Waals surface area contributed by atoms with Crippen LogP contribution in [0.5, 0.6) is 11.5 Å². The number of benzene rings is 1. The van der Waals surface area contributed by atoms with Crippen molar-refractivity contribution in [1.82, 2.24) is 9.97 Å². The number of phenolic OH excluding ortho intramolecular Hbond substituents is 1. The van der Waals surface area contributed by atoms with Gasteiger partial charge < -0.3 is 9.84 Å². The number of Topliss-reactive ketones (excluding diaryl/α,β-unsaturated/α-hetero) is 1. The maximum Gasteiger partial charge on any atom is 0.172 e. The molecule has 0 saturated heterocycles. The van der Waals surface area contributed by atoms with E-state index in [1.807, 2.05) is 0 Å². The number of rotatable bonds is 2. The summed E-state index contributed by atoms with van der Waals surface area (Å²) in [5.74, 6) is 1.00. The number of nitrogens with zero attached hydrogens (tertiary/aromatic N) is 2. The number of halogens is 1. The quantitative estimate of drug-likeness (QED) is 0.902. The lowest BCUT2D eigenvalue weighted by Crippen LogP contribution is -2.13. The van der Waals surface area contributed by atoms with Crippen molar-refractivity contribution in [3.8, 4) is 22.9 Å². The Morgan fingerprint density at radius 1 is 1.33 bits per heavy atom. The summed E-state index contributed by atoms with van der Waals surface area (Å²) in [6, 6.07) is 3.40. The molecule has 0 unspecified atom stereocenters. The van der Waals surface area contributed by atoms with Crippen LogP contribution in [-0.4, -0.2) is 28.0 Å². The molecular weight excluding hydrogens is 336 g/mol. The van der Waals surface area contributed by atoms with Gasteiger partial charge in [-0.1, -0.05) is 0 Å². The van der Waals surface area contributed by atoms with E-state index in [0.29, 0.717) is 28.0 Å². The maximum atomic E-state index is 11.8. The van der Waals surface area contributed by atoms with Gasteiger partial charge in [0.15, 0.2) is 23.1 Å². The first-order chi connectivity index (χ1) is 10.1. The number of aromatic nitrogens is 2. The molecule has 108 valence electrons. The number of aryl methyl sites for hydroxylation is 1. The first kappa shape index (κ1) is 14.0. The third-order valence-corrected chi connectivity index (χ3v) is 4.10. The van der Waals surface area contributed by atoms with Crippen molar-refractivity contribution in [2.24, 2.45) is 0 Å². The van der Waals surface area contributed by atoms with Gasteiger partial charge in [0.25, 0.3) is 0 Å².